The molecular weight excluding hydrogens is 333 g/mol. The van der Waals surface area contributed by atoms with E-state index in [1.807, 2.05) is 0 Å². The number of anilines is 1. The molecule has 0 fully saturated rings. The minimum atomic E-state index is -4.43. The van der Waals surface area contributed by atoms with Crippen molar-refractivity contribution >= 4 is 15.9 Å². The van der Waals surface area contributed by atoms with Gasteiger partial charge in [-0.05, 0) is 41.0 Å². The number of hydrogen-bond donors (Lipinski definition) is 3. The van der Waals surface area contributed by atoms with Gasteiger partial charge in [-0.25, -0.2) is 5.14 Å². The first-order valence-electron chi connectivity index (χ1n) is 6.32. The molecule has 0 atom stereocenters. The summed E-state index contributed by atoms with van der Waals surface area (Å²) in [6.45, 7) is -0.420. The van der Waals surface area contributed by atoms with E-state index in [0.717, 1.165) is 12.1 Å². The van der Waals surface area contributed by atoms with E-state index in [0.29, 0.717) is 16.7 Å². The van der Waals surface area contributed by atoms with Crippen molar-refractivity contribution in [3.8, 4) is 11.1 Å². The Morgan fingerprint density at radius 2 is 1.70 bits per heavy atom. The molecule has 0 aliphatic carbocycles. The maximum Gasteiger partial charge on any atom is 0.416 e. The lowest BCUT2D eigenvalue weighted by Gasteiger charge is -2.12. The fourth-order valence-corrected chi connectivity index (χ4v) is 2.53. The minimum Gasteiger partial charge on any atom is -0.392 e. The van der Waals surface area contributed by atoms with Crippen molar-refractivity contribution in [3.63, 3.8) is 0 Å². The second kappa shape index (κ2) is 6.19. The number of nitrogens with one attached hydrogen (secondary N) is 1. The molecule has 0 spiro atoms. The lowest BCUT2D eigenvalue weighted by atomic mass is 9.98. The number of halogens is 3. The Hall–Kier alpha value is -2.10. The van der Waals surface area contributed by atoms with Crippen LogP contribution in [0.5, 0.6) is 0 Å². The molecule has 2 aromatic rings. The van der Waals surface area contributed by atoms with Gasteiger partial charge in [-0.1, -0.05) is 18.2 Å². The molecule has 0 aliphatic heterocycles. The fraction of sp³-hybridized carbons (Fsp3) is 0.143. The predicted octanol–water partition coefficient (Wildman–Crippen LogP) is 2.48. The fourth-order valence-electron chi connectivity index (χ4n) is 2.07. The SMILES string of the molecule is NS(=O)(=O)Nc1ccc(-c2ccc(C(F)(F)F)cc2)c(CO)c1. The summed E-state index contributed by atoms with van der Waals surface area (Å²) in [4.78, 5) is 0. The van der Waals surface area contributed by atoms with Crippen molar-refractivity contribution in [2.75, 3.05) is 4.72 Å². The molecule has 0 saturated carbocycles. The molecule has 5 nitrogen and oxygen atoms in total. The second-order valence-corrected chi connectivity index (χ2v) is 6.05. The highest BCUT2D eigenvalue weighted by Crippen LogP contribution is 2.32. The summed E-state index contributed by atoms with van der Waals surface area (Å²) in [6.07, 6.45) is -4.43. The largest absolute Gasteiger partial charge is 0.416 e. The van der Waals surface area contributed by atoms with Crippen LogP contribution in [0.3, 0.4) is 0 Å². The molecule has 0 aromatic heterocycles. The normalized spacial score (nSPS) is 12.2. The summed E-state index contributed by atoms with van der Waals surface area (Å²) in [5.74, 6) is 0. The quantitative estimate of drug-likeness (QED) is 0.794. The Morgan fingerprint density at radius 3 is 2.17 bits per heavy atom. The van der Waals surface area contributed by atoms with E-state index in [2.05, 4.69) is 4.72 Å². The van der Waals surface area contributed by atoms with Gasteiger partial charge in [0.2, 0.25) is 0 Å². The van der Waals surface area contributed by atoms with Gasteiger partial charge in [-0.15, -0.1) is 0 Å². The summed E-state index contributed by atoms with van der Waals surface area (Å²) < 4.78 is 61.7. The van der Waals surface area contributed by atoms with E-state index in [4.69, 9.17) is 5.14 Å². The topological polar surface area (TPSA) is 92.4 Å². The number of aliphatic hydroxyl groups is 1. The summed E-state index contributed by atoms with van der Waals surface area (Å²) >= 11 is 0. The third-order valence-corrected chi connectivity index (χ3v) is 3.58. The van der Waals surface area contributed by atoms with E-state index in [1.165, 1.54) is 30.3 Å². The van der Waals surface area contributed by atoms with Gasteiger partial charge in [0.1, 0.15) is 0 Å². The summed E-state index contributed by atoms with van der Waals surface area (Å²) in [7, 11) is -3.96. The predicted molar refractivity (Wildman–Crippen MR) is 79.5 cm³/mol. The highest BCUT2D eigenvalue weighted by Gasteiger charge is 2.30. The average Bonchev–Trinajstić information content (AvgIpc) is 2.44. The molecule has 9 heteroatoms. The van der Waals surface area contributed by atoms with Crippen LogP contribution in [0.4, 0.5) is 18.9 Å². The van der Waals surface area contributed by atoms with Gasteiger partial charge in [0, 0.05) is 0 Å². The summed E-state index contributed by atoms with van der Waals surface area (Å²) in [6, 6.07) is 8.68. The Kier molecular flexibility index (Phi) is 4.64. The Balaban J connectivity index is 2.39. The van der Waals surface area contributed by atoms with Crippen LogP contribution in [0.1, 0.15) is 11.1 Å². The van der Waals surface area contributed by atoms with Crippen molar-refractivity contribution in [3.05, 3.63) is 53.6 Å². The number of rotatable bonds is 4. The molecule has 23 heavy (non-hydrogen) atoms. The lowest BCUT2D eigenvalue weighted by molar-refractivity contribution is -0.137. The molecule has 0 bridgehead atoms. The number of alkyl halides is 3. The number of nitrogens with two attached hydrogens (primary N) is 1. The molecule has 0 unspecified atom stereocenters. The van der Waals surface area contributed by atoms with Crippen LogP contribution in [0.2, 0.25) is 0 Å². The molecule has 0 aliphatic rings. The van der Waals surface area contributed by atoms with Gasteiger partial charge in [-0.2, -0.15) is 21.6 Å². The lowest BCUT2D eigenvalue weighted by Crippen LogP contribution is -2.21. The molecule has 4 N–H and O–H groups in total. The minimum absolute atomic E-state index is 0.146. The van der Waals surface area contributed by atoms with Crippen molar-refractivity contribution in [2.24, 2.45) is 5.14 Å². The van der Waals surface area contributed by atoms with E-state index in [1.54, 1.807) is 0 Å². The van der Waals surface area contributed by atoms with E-state index in [-0.39, 0.29) is 5.69 Å². The molecule has 0 amide bonds. The van der Waals surface area contributed by atoms with Crippen molar-refractivity contribution in [1.82, 2.24) is 0 Å². The first-order valence-corrected chi connectivity index (χ1v) is 7.87. The Morgan fingerprint density at radius 1 is 1.09 bits per heavy atom. The van der Waals surface area contributed by atoms with Gasteiger partial charge in [0.05, 0.1) is 17.9 Å². The van der Waals surface area contributed by atoms with Crippen LogP contribution in [0.25, 0.3) is 11.1 Å². The van der Waals surface area contributed by atoms with Crippen molar-refractivity contribution in [1.29, 1.82) is 0 Å². The highest BCUT2D eigenvalue weighted by atomic mass is 32.2. The Bertz CT molecular complexity index is 803. The highest BCUT2D eigenvalue weighted by molar-refractivity contribution is 7.90. The first-order chi connectivity index (χ1) is 10.6. The van der Waals surface area contributed by atoms with Crippen LogP contribution in [-0.2, 0) is 23.0 Å². The van der Waals surface area contributed by atoms with E-state index in [9.17, 15) is 26.7 Å². The van der Waals surface area contributed by atoms with E-state index >= 15 is 0 Å². The zero-order valence-corrected chi connectivity index (χ0v) is 12.4. The molecular formula is C14H13F3N2O3S. The zero-order chi connectivity index (χ0) is 17.3. The molecule has 0 radical (unpaired) electrons. The number of aliphatic hydroxyl groups excluding tert-OH is 1. The first kappa shape index (κ1) is 17.3. The van der Waals surface area contributed by atoms with E-state index < -0.39 is 28.6 Å². The summed E-state index contributed by atoms with van der Waals surface area (Å²) in [5.41, 5.74) is 0.662. The monoisotopic (exact) mass is 346 g/mol. The van der Waals surface area contributed by atoms with Crippen molar-refractivity contribution in [2.45, 2.75) is 12.8 Å². The maximum absolute atomic E-state index is 12.6. The van der Waals surface area contributed by atoms with Crippen LogP contribution >= 0.6 is 0 Å². The van der Waals surface area contributed by atoms with Gasteiger partial charge < -0.3 is 5.11 Å². The van der Waals surface area contributed by atoms with Crippen LogP contribution in [0.15, 0.2) is 42.5 Å². The molecule has 124 valence electrons. The third kappa shape index (κ3) is 4.44. The standard InChI is InChI=1S/C14H13F3N2O3S/c15-14(16,17)11-3-1-9(2-4-11)13-6-5-12(7-10(13)8-20)19-23(18,21)22/h1-7,19-20H,8H2,(H2,18,21,22). The van der Waals surface area contributed by atoms with Crippen molar-refractivity contribution < 1.29 is 26.7 Å². The molecule has 2 aromatic carbocycles. The van der Waals surface area contributed by atoms with Gasteiger partial charge in [0.15, 0.2) is 0 Å². The van der Waals surface area contributed by atoms with Gasteiger partial charge >= 0.3 is 6.18 Å². The van der Waals surface area contributed by atoms with Crippen LogP contribution < -0.4 is 9.86 Å². The molecule has 0 saturated heterocycles. The molecule has 0 heterocycles. The maximum atomic E-state index is 12.6. The zero-order valence-electron chi connectivity index (χ0n) is 11.6. The smallest absolute Gasteiger partial charge is 0.392 e. The van der Waals surface area contributed by atoms with Gasteiger partial charge in [-0.3, -0.25) is 4.72 Å². The number of benzene rings is 2. The number of hydrogen-bond acceptors (Lipinski definition) is 3. The third-order valence-electron chi connectivity index (χ3n) is 3.06. The van der Waals surface area contributed by atoms with Crippen LogP contribution in [-0.4, -0.2) is 13.5 Å². The second-order valence-electron chi connectivity index (χ2n) is 4.75. The Labute approximate surface area is 130 Å². The summed E-state index contributed by atoms with van der Waals surface area (Å²) in [5, 5.41) is 14.3. The average molecular weight is 346 g/mol. The molecule has 2 rings (SSSR count). The van der Waals surface area contributed by atoms with Crippen LogP contribution in [0, 0.1) is 0 Å². The van der Waals surface area contributed by atoms with Gasteiger partial charge in [0.25, 0.3) is 10.2 Å².